The van der Waals surface area contributed by atoms with E-state index in [1.165, 1.54) is 28.6 Å². The Morgan fingerprint density at radius 2 is 1.77 bits per heavy atom. The molecule has 0 saturated heterocycles. The first-order valence-corrected chi connectivity index (χ1v) is 11.3. The minimum atomic E-state index is -3.71. The summed E-state index contributed by atoms with van der Waals surface area (Å²) in [6.45, 7) is 1.89. The highest BCUT2D eigenvalue weighted by Gasteiger charge is 2.25. The summed E-state index contributed by atoms with van der Waals surface area (Å²) >= 11 is 8.22. The number of benzene rings is 2. The number of aromatic nitrogens is 1. The molecule has 1 aromatic heterocycles. The van der Waals surface area contributed by atoms with Crippen molar-refractivity contribution in [3.8, 4) is 0 Å². The topological polar surface area (TPSA) is 64.1 Å². The van der Waals surface area contributed by atoms with Crippen LogP contribution in [0.1, 0.15) is 15.9 Å². The standard InChI is InChI=1S/C18H14ClNO3S3/c1-12-2-8-15(9-3-12)26(22,23)17-18(25-11-20-17)24-10-16(21)13-4-6-14(19)7-5-13/h2-9,11H,10H2,1H3. The third-order valence-corrected chi connectivity index (χ3v) is 7.94. The van der Waals surface area contributed by atoms with Gasteiger partial charge in [-0.05, 0) is 43.3 Å². The predicted octanol–water partition coefficient (Wildman–Crippen LogP) is 4.91. The van der Waals surface area contributed by atoms with Crippen molar-refractivity contribution in [3.05, 3.63) is 70.2 Å². The van der Waals surface area contributed by atoms with E-state index in [0.717, 1.165) is 5.56 Å². The number of hydrogen-bond acceptors (Lipinski definition) is 6. The lowest BCUT2D eigenvalue weighted by atomic mass is 10.1. The van der Waals surface area contributed by atoms with Crippen molar-refractivity contribution in [2.24, 2.45) is 0 Å². The first-order chi connectivity index (χ1) is 12.4. The summed E-state index contributed by atoms with van der Waals surface area (Å²) in [5, 5.41) is 0.559. The molecule has 0 aliphatic heterocycles. The van der Waals surface area contributed by atoms with Crippen LogP contribution in [0.5, 0.6) is 0 Å². The highest BCUT2D eigenvalue weighted by molar-refractivity contribution is 8.02. The molecule has 0 unspecified atom stereocenters. The molecular formula is C18H14ClNO3S3. The molecule has 0 saturated carbocycles. The number of thioether (sulfide) groups is 1. The lowest BCUT2D eigenvalue weighted by Gasteiger charge is -2.05. The molecule has 0 N–H and O–H groups in total. The van der Waals surface area contributed by atoms with E-state index in [0.29, 0.717) is 14.8 Å². The van der Waals surface area contributed by atoms with E-state index in [1.807, 2.05) is 6.92 Å². The third kappa shape index (κ3) is 4.17. The summed E-state index contributed by atoms with van der Waals surface area (Å²) < 4.78 is 26.1. The van der Waals surface area contributed by atoms with E-state index in [1.54, 1.807) is 48.5 Å². The van der Waals surface area contributed by atoms with Gasteiger partial charge in [0.1, 0.15) is 0 Å². The van der Waals surface area contributed by atoms with Crippen LogP contribution in [-0.2, 0) is 9.84 Å². The van der Waals surface area contributed by atoms with Crippen LogP contribution in [0.4, 0.5) is 0 Å². The SMILES string of the molecule is Cc1ccc(S(=O)(=O)c2ncsc2SCC(=O)c2ccc(Cl)cc2)cc1. The monoisotopic (exact) mass is 423 g/mol. The van der Waals surface area contributed by atoms with Gasteiger partial charge in [-0.3, -0.25) is 4.79 Å². The molecule has 2 aromatic carbocycles. The second-order valence-electron chi connectivity index (χ2n) is 5.48. The molecule has 0 atom stereocenters. The molecule has 134 valence electrons. The fourth-order valence-corrected chi connectivity index (χ4v) is 6.07. The lowest BCUT2D eigenvalue weighted by molar-refractivity contribution is 0.102. The van der Waals surface area contributed by atoms with Gasteiger partial charge >= 0.3 is 0 Å². The maximum absolute atomic E-state index is 12.8. The van der Waals surface area contributed by atoms with Crippen LogP contribution in [0.15, 0.2) is 68.2 Å². The van der Waals surface area contributed by atoms with Crippen molar-refractivity contribution in [2.45, 2.75) is 21.1 Å². The minimum Gasteiger partial charge on any atom is -0.293 e. The molecule has 8 heteroatoms. The van der Waals surface area contributed by atoms with Crippen LogP contribution in [0.2, 0.25) is 5.02 Å². The zero-order valence-electron chi connectivity index (χ0n) is 13.7. The number of rotatable bonds is 6. The fraction of sp³-hybridized carbons (Fsp3) is 0.111. The Balaban J connectivity index is 1.79. The maximum Gasteiger partial charge on any atom is 0.225 e. The largest absolute Gasteiger partial charge is 0.293 e. The minimum absolute atomic E-state index is 0.000240. The molecule has 0 spiro atoms. The van der Waals surface area contributed by atoms with Gasteiger partial charge in [-0.15, -0.1) is 23.1 Å². The average Bonchev–Trinajstić information content (AvgIpc) is 3.10. The Morgan fingerprint density at radius 1 is 1.12 bits per heavy atom. The molecule has 1 heterocycles. The number of sulfone groups is 1. The number of thiazole rings is 1. The first kappa shape index (κ1) is 19.1. The average molecular weight is 424 g/mol. The second-order valence-corrected chi connectivity index (χ2v) is 9.88. The first-order valence-electron chi connectivity index (χ1n) is 7.55. The Morgan fingerprint density at radius 3 is 2.42 bits per heavy atom. The van der Waals surface area contributed by atoms with Crippen molar-refractivity contribution in [1.82, 2.24) is 4.98 Å². The number of ketones is 1. The number of hydrogen-bond donors (Lipinski definition) is 0. The zero-order valence-corrected chi connectivity index (χ0v) is 16.9. The predicted molar refractivity (Wildman–Crippen MR) is 105 cm³/mol. The van der Waals surface area contributed by atoms with Gasteiger partial charge in [0, 0.05) is 10.6 Å². The van der Waals surface area contributed by atoms with E-state index >= 15 is 0 Å². The van der Waals surface area contributed by atoms with Crippen LogP contribution in [0.25, 0.3) is 0 Å². The quantitative estimate of drug-likeness (QED) is 0.416. The number of carbonyl (C=O) groups is 1. The van der Waals surface area contributed by atoms with Gasteiger partial charge in [0.2, 0.25) is 9.84 Å². The fourth-order valence-electron chi connectivity index (χ4n) is 2.18. The van der Waals surface area contributed by atoms with Gasteiger partial charge in [0.25, 0.3) is 0 Å². The molecule has 4 nitrogen and oxygen atoms in total. The van der Waals surface area contributed by atoms with E-state index in [4.69, 9.17) is 11.6 Å². The molecule has 0 aliphatic carbocycles. The van der Waals surface area contributed by atoms with Gasteiger partial charge in [-0.2, -0.15) is 0 Å². The molecular weight excluding hydrogens is 410 g/mol. The van der Waals surface area contributed by atoms with Crippen molar-refractivity contribution < 1.29 is 13.2 Å². The van der Waals surface area contributed by atoms with Gasteiger partial charge in [-0.25, -0.2) is 13.4 Å². The summed E-state index contributed by atoms with van der Waals surface area (Å²) in [6, 6.07) is 13.2. The molecule has 0 fully saturated rings. The van der Waals surface area contributed by atoms with Crippen molar-refractivity contribution in [1.29, 1.82) is 0 Å². The highest BCUT2D eigenvalue weighted by Crippen LogP contribution is 2.33. The lowest BCUT2D eigenvalue weighted by Crippen LogP contribution is -2.05. The van der Waals surface area contributed by atoms with Crippen LogP contribution in [0.3, 0.4) is 0 Å². The Hall–Kier alpha value is -1.67. The number of aryl methyl sites for hydroxylation is 1. The number of nitrogens with zero attached hydrogens (tertiary/aromatic N) is 1. The maximum atomic E-state index is 12.8. The van der Waals surface area contributed by atoms with Gasteiger partial charge in [0.15, 0.2) is 10.8 Å². The van der Waals surface area contributed by atoms with Crippen molar-refractivity contribution in [2.75, 3.05) is 5.75 Å². The summed E-state index contributed by atoms with van der Waals surface area (Å²) in [6.07, 6.45) is 0. The summed E-state index contributed by atoms with van der Waals surface area (Å²) in [5.41, 5.74) is 3.00. The third-order valence-electron chi connectivity index (χ3n) is 3.59. The van der Waals surface area contributed by atoms with E-state index in [2.05, 4.69) is 4.98 Å². The van der Waals surface area contributed by atoms with Gasteiger partial charge < -0.3 is 0 Å². The van der Waals surface area contributed by atoms with E-state index in [9.17, 15) is 13.2 Å². The zero-order chi connectivity index (χ0) is 18.7. The van der Waals surface area contributed by atoms with Crippen molar-refractivity contribution >= 4 is 50.3 Å². The second kappa shape index (κ2) is 7.92. The number of Topliss-reactive ketones (excluding diaryl/α,β-unsaturated/α-hetero) is 1. The molecule has 0 radical (unpaired) electrons. The summed E-state index contributed by atoms with van der Waals surface area (Å²) in [5.74, 6) is 0.0269. The molecule has 0 amide bonds. The van der Waals surface area contributed by atoms with Crippen LogP contribution in [-0.4, -0.2) is 24.9 Å². The van der Waals surface area contributed by atoms with Crippen molar-refractivity contribution in [3.63, 3.8) is 0 Å². The van der Waals surface area contributed by atoms with E-state index in [-0.39, 0.29) is 21.5 Å². The van der Waals surface area contributed by atoms with E-state index < -0.39 is 9.84 Å². The van der Waals surface area contributed by atoms with Crippen LogP contribution >= 0.6 is 34.7 Å². The summed E-state index contributed by atoms with van der Waals surface area (Å²) in [7, 11) is -3.71. The number of halogens is 1. The Kier molecular flexibility index (Phi) is 5.82. The normalized spacial score (nSPS) is 11.5. The Bertz CT molecular complexity index is 1030. The highest BCUT2D eigenvalue weighted by atomic mass is 35.5. The molecule has 26 heavy (non-hydrogen) atoms. The number of carbonyl (C=O) groups excluding carboxylic acids is 1. The van der Waals surface area contributed by atoms with Crippen LogP contribution in [0, 0.1) is 6.92 Å². The molecule has 0 bridgehead atoms. The molecule has 3 aromatic rings. The summed E-state index contributed by atoms with van der Waals surface area (Å²) in [4.78, 5) is 16.5. The smallest absolute Gasteiger partial charge is 0.225 e. The Labute approximate surface area is 165 Å². The van der Waals surface area contributed by atoms with Gasteiger partial charge in [0.05, 0.1) is 20.4 Å². The molecule has 3 rings (SSSR count). The van der Waals surface area contributed by atoms with Crippen LogP contribution < -0.4 is 0 Å². The van der Waals surface area contributed by atoms with Gasteiger partial charge in [-0.1, -0.05) is 29.3 Å². The molecule has 0 aliphatic rings.